The summed E-state index contributed by atoms with van der Waals surface area (Å²) in [6.07, 6.45) is 2.60. The predicted octanol–water partition coefficient (Wildman–Crippen LogP) is 3.34. The second kappa shape index (κ2) is 5.50. The molecule has 2 aromatic heterocycles. The molecule has 0 unspecified atom stereocenters. The van der Waals surface area contributed by atoms with E-state index in [-0.39, 0.29) is 12.0 Å². The van der Waals surface area contributed by atoms with Gasteiger partial charge in [0.15, 0.2) is 0 Å². The molecule has 1 amide bonds. The maximum Gasteiger partial charge on any atom is 0.268 e. The number of para-hydroxylation sites is 1. The molecular weight excluding hydrogens is 292 g/mol. The molecule has 0 spiro atoms. The van der Waals surface area contributed by atoms with Crippen molar-refractivity contribution in [3.05, 3.63) is 54.1 Å². The highest BCUT2D eigenvalue weighted by Gasteiger charge is 2.25. The van der Waals surface area contributed by atoms with Crippen LogP contribution in [0.2, 0.25) is 0 Å². The molecule has 0 fully saturated rings. The monoisotopic (exact) mass is 310 g/mol. The average Bonchev–Trinajstić information content (AvgIpc) is 3.21. The summed E-state index contributed by atoms with van der Waals surface area (Å²) in [6.45, 7) is 3.17. The Labute approximate surface area is 133 Å². The summed E-state index contributed by atoms with van der Waals surface area (Å²) in [6, 6.07) is 11.5. The topological polar surface area (TPSA) is 56.4 Å². The van der Waals surface area contributed by atoms with Crippen molar-refractivity contribution in [2.45, 2.75) is 32.5 Å². The number of carbonyl (C=O) groups excluding carboxylic acids is 1. The summed E-state index contributed by atoms with van der Waals surface area (Å²) in [5.41, 5.74) is 1.67. The van der Waals surface area contributed by atoms with Gasteiger partial charge in [0, 0.05) is 5.39 Å². The van der Waals surface area contributed by atoms with Crippen LogP contribution < -0.4 is 10.1 Å². The van der Waals surface area contributed by atoms with Crippen LogP contribution in [0.25, 0.3) is 10.9 Å². The van der Waals surface area contributed by atoms with Crippen molar-refractivity contribution in [1.82, 2.24) is 9.88 Å². The van der Waals surface area contributed by atoms with Crippen LogP contribution in [0, 0.1) is 0 Å². The van der Waals surface area contributed by atoms with Gasteiger partial charge >= 0.3 is 0 Å². The molecule has 1 N–H and O–H groups in total. The Morgan fingerprint density at radius 2 is 2.26 bits per heavy atom. The highest BCUT2D eigenvalue weighted by Crippen LogP contribution is 2.34. The van der Waals surface area contributed by atoms with Gasteiger partial charge in [-0.25, -0.2) is 0 Å². The lowest BCUT2D eigenvalue weighted by Gasteiger charge is -2.26. The quantitative estimate of drug-likeness (QED) is 0.804. The molecule has 0 radical (unpaired) electrons. The summed E-state index contributed by atoms with van der Waals surface area (Å²) in [4.78, 5) is 12.6. The van der Waals surface area contributed by atoms with Gasteiger partial charge in [-0.3, -0.25) is 4.79 Å². The number of hydrogen-bond acceptors (Lipinski definition) is 3. The lowest BCUT2D eigenvalue weighted by atomic mass is 10.2. The summed E-state index contributed by atoms with van der Waals surface area (Å²) in [5, 5.41) is 3.95. The lowest BCUT2D eigenvalue weighted by molar-refractivity contribution is 0.0932. The largest absolute Gasteiger partial charge is 0.486 e. The van der Waals surface area contributed by atoms with E-state index in [1.165, 1.54) is 0 Å². The Morgan fingerprint density at radius 3 is 3.04 bits per heavy atom. The highest BCUT2D eigenvalue weighted by atomic mass is 16.5. The summed E-state index contributed by atoms with van der Waals surface area (Å²) < 4.78 is 13.3. The smallest absolute Gasteiger partial charge is 0.268 e. The third-order valence-electron chi connectivity index (χ3n) is 4.25. The van der Waals surface area contributed by atoms with Crippen LogP contribution >= 0.6 is 0 Å². The van der Waals surface area contributed by atoms with Gasteiger partial charge < -0.3 is 19.0 Å². The lowest BCUT2D eigenvalue weighted by Crippen LogP contribution is -2.31. The van der Waals surface area contributed by atoms with Crippen molar-refractivity contribution < 1.29 is 13.9 Å². The number of carbonyl (C=O) groups is 1. The molecule has 0 saturated heterocycles. The Bertz CT molecular complexity index is 849. The first-order valence-corrected chi connectivity index (χ1v) is 7.85. The Hall–Kier alpha value is -2.69. The third kappa shape index (κ3) is 2.38. The molecule has 0 bridgehead atoms. The fourth-order valence-electron chi connectivity index (χ4n) is 3.07. The zero-order valence-corrected chi connectivity index (χ0v) is 12.9. The molecule has 23 heavy (non-hydrogen) atoms. The number of nitrogens with zero attached hydrogens (tertiary/aromatic N) is 1. The third-order valence-corrected chi connectivity index (χ3v) is 4.25. The SMILES string of the molecule is CC[C@@H]1Cn2c(C(=O)NCc3ccco3)cc3cccc(c32)O1. The van der Waals surface area contributed by atoms with E-state index in [1.807, 2.05) is 36.4 Å². The van der Waals surface area contributed by atoms with Gasteiger partial charge in [0.1, 0.15) is 23.3 Å². The van der Waals surface area contributed by atoms with Crippen LogP contribution in [0.1, 0.15) is 29.6 Å². The zero-order chi connectivity index (χ0) is 15.8. The van der Waals surface area contributed by atoms with E-state index in [0.717, 1.165) is 28.8 Å². The average molecular weight is 310 g/mol. The van der Waals surface area contributed by atoms with Crippen molar-refractivity contribution >= 4 is 16.8 Å². The molecule has 4 rings (SSSR count). The summed E-state index contributed by atoms with van der Waals surface area (Å²) in [7, 11) is 0. The van der Waals surface area contributed by atoms with Crippen LogP contribution in [0.4, 0.5) is 0 Å². The molecule has 3 heterocycles. The van der Waals surface area contributed by atoms with Gasteiger partial charge in [0.25, 0.3) is 5.91 Å². The van der Waals surface area contributed by atoms with Crippen molar-refractivity contribution in [3.8, 4) is 5.75 Å². The normalized spacial score (nSPS) is 16.3. The second-order valence-electron chi connectivity index (χ2n) is 5.74. The van der Waals surface area contributed by atoms with E-state index in [4.69, 9.17) is 9.15 Å². The van der Waals surface area contributed by atoms with E-state index >= 15 is 0 Å². The molecule has 1 atom stereocenters. The highest BCUT2D eigenvalue weighted by molar-refractivity contribution is 6.00. The van der Waals surface area contributed by atoms with Crippen molar-refractivity contribution in [2.75, 3.05) is 0 Å². The number of hydrogen-bond donors (Lipinski definition) is 1. The molecule has 1 aromatic carbocycles. The Morgan fingerprint density at radius 1 is 1.35 bits per heavy atom. The van der Waals surface area contributed by atoms with E-state index in [2.05, 4.69) is 16.8 Å². The molecule has 3 aromatic rings. The Balaban J connectivity index is 1.68. The van der Waals surface area contributed by atoms with Gasteiger partial charge in [-0.15, -0.1) is 0 Å². The first kappa shape index (κ1) is 13.9. The van der Waals surface area contributed by atoms with E-state index in [1.54, 1.807) is 6.26 Å². The number of benzene rings is 1. The van der Waals surface area contributed by atoms with Crippen molar-refractivity contribution in [3.63, 3.8) is 0 Å². The minimum atomic E-state index is -0.0969. The van der Waals surface area contributed by atoms with Gasteiger partial charge in [-0.2, -0.15) is 0 Å². The van der Waals surface area contributed by atoms with Crippen LogP contribution in [0.3, 0.4) is 0 Å². The fraction of sp³-hybridized carbons (Fsp3) is 0.278. The first-order valence-electron chi connectivity index (χ1n) is 7.85. The number of ether oxygens (including phenoxy) is 1. The van der Waals surface area contributed by atoms with Crippen LogP contribution in [-0.4, -0.2) is 16.6 Å². The predicted molar refractivity (Wildman–Crippen MR) is 86.5 cm³/mol. The van der Waals surface area contributed by atoms with Crippen LogP contribution in [0.5, 0.6) is 5.75 Å². The number of aromatic nitrogens is 1. The molecule has 5 nitrogen and oxygen atoms in total. The summed E-state index contributed by atoms with van der Waals surface area (Å²) >= 11 is 0. The minimum absolute atomic E-state index is 0.0946. The van der Waals surface area contributed by atoms with Crippen molar-refractivity contribution in [2.24, 2.45) is 0 Å². The minimum Gasteiger partial charge on any atom is -0.486 e. The standard InChI is InChI=1S/C18H18N2O3/c1-2-13-11-20-15(18(21)19-10-14-6-4-8-22-14)9-12-5-3-7-16(23-13)17(12)20/h3-9,13H,2,10-11H2,1H3,(H,19,21)/t13-/m1/s1. The van der Waals surface area contributed by atoms with E-state index < -0.39 is 0 Å². The first-order chi connectivity index (χ1) is 11.3. The maximum atomic E-state index is 12.6. The van der Waals surface area contributed by atoms with Crippen LogP contribution in [0.15, 0.2) is 47.1 Å². The summed E-state index contributed by atoms with van der Waals surface area (Å²) in [5.74, 6) is 1.49. The van der Waals surface area contributed by atoms with Crippen molar-refractivity contribution in [1.29, 1.82) is 0 Å². The number of nitrogens with one attached hydrogen (secondary N) is 1. The van der Waals surface area contributed by atoms with E-state index in [0.29, 0.717) is 18.8 Å². The maximum absolute atomic E-state index is 12.6. The van der Waals surface area contributed by atoms with Crippen LogP contribution in [-0.2, 0) is 13.1 Å². The second-order valence-corrected chi connectivity index (χ2v) is 5.74. The molecule has 5 heteroatoms. The molecule has 118 valence electrons. The van der Waals surface area contributed by atoms with Gasteiger partial charge in [0.2, 0.25) is 0 Å². The molecule has 0 saturated carbocycles. The number of furan rings is 1. The van der Waals surface area contributed by atoms with E-state index in [9.17, 15) is 4.79 Å². The van der Waals surface area contributed by atoms with Gasteiger partial charge in [-0.1, -0.05) is 19.1 Å². The Kier molecular flexibility index (Phi) is 3.33. The molecule has 0 aliphatic carbocycles. The molecule has 1 aliphatic rings. The van der Waals surface area contributed by atoms with Gasteiger partial charge in [0.05, 0.1) is 24.9 Å². The van der Waals surface area contributed by atoms with Gasteiger partial charge in [-0.05, 0) is 30.7 Å². The fourth-order valence-corrected chi connectivity index (χ4v) is 3.07. The molecule has 1 aliphatic heterocycles. The molecular formula is C18H18N2O3. The number of amides is 1. The number of rotatable bonds is 4. The zero-order valence-electron chi connectivity index (χ0n) is 12.9.